The molecule has 2 saturated carbocycles. The first kappa shape index (κ1) is 28.2. The molecule has 41 heavy (non-hydrogen) atoms. The average molecular weight is 593 g/mol. The molecule has 0 amide bonds. The van der Waals surface area contributed by atoms with Crippen LogP contribution in [0.5, 0.6) is 5.75 Å². The highest BCUT2D eigenvalue weighted by Gasteiger charge is 2.36. The van der Waals surface area contributed by atoms with Gasteiger partial charge < -0.3 is 4.18 Å². The molecule has 0 bridgehead atoms. The molecule has 6 rings (SSSR count). The van der Waals surface area contributed by atoms with Gasteiger partial charge in [-0.3, -0.25) is 4.55 Å². The van der Waals surface area contributed by atoms with Crippen molar-refractivity contribution < 1.29 is 25.6 Å². The summed E-state index contributed by atoms with van der Waals surface area (Å²) in [6, 6.07) is 18.1. The monoisotopic (exact) mass is 592 g/mol. The second kappa shape index (κ2) is 10.7. The van der Waals surface area contributed by atoms with Crippen LogP contribution in [0.15, 0.2) is 70.5 Å². The van der Waals surface area contributed by atoms with Crippen molar-refractivity contribution in [2.75, 3.05) is 0 Å². The second-order valence-corrected chi connectivity index (χ2v) is 14.8. The van der Waals surface area contributed by atoms with Crippen molar-refractivity contribution in [3.8, 4) is 5.75 Å². The summed E-state index contributed by atoms with van der Waals surface area (Å²) in [5.41, 5.74) is 2.12. The van der Waals surface area contributed by atoms with Gasteiger partial charge in [-0.2, -0.15) is 16.8 Å². The van der Waals surface area contributed by atoms with Crippen LogP contribution in [0.4, 0.5) is 0 Å². The van der Waals surface area contributed by atoms with E-state index in [2.05, 4.69) is 12.1 Å². The van der Waals surface area contributed by atoms with Crippen LogP contribution in [0, 0.1) is 0 Å². The first-order valence-corrected chi connectivity index (χ1v) is 17.4. The molecular formula is C33H36O6S2. The first-order valence-electron chi connectivity index (χ1n) is 14.6. The van der Waals surface area contributed by atoms with Crippen LogP contribution in [0.25, 0.3) is 21.5 Å². The van der Waals surface area contributed by atoms with Crippen molar-refractivity contribution in [3.05, 3.63) is 77.4 Å². The molecule has 2 fully saturated rings. The molecule has 4 aromatic carbocycles. The standard InChI is InChI=1S/C33H36O6S2/c1-21(2)28-20-30(40(34,35)36)26-17-9-10-18-27(26)32(28)39-41(37,38)33-29(22-11-3-4-12-22)19-24-15-7-8-16-25(24)31(33)23-13-5-6-14-23/h7-10,15-23H,3-6,11-14H2,1-2H3,(H,34,35,36). The van der Waals surface area contributed by atoms with Crippen molar-refractivity contribution in [2.45, 2.75) is 92.8 Å². The van der Waals surface area contributed by atoms with Gasteiger partial charge in [0.1, 0.15) is 9.79 Å². The topological polar surface area (TPSA) is 97.7 Å². The summed E-state index contributed by atoms with van der Waals surface area (Å²) in [6.45, 7) is 3.70. The van der Waals surface area contributed by atoms with Crippen LogP contribution in [-0.4, -0.2) is 21.4 Å². The van der Waals surface area contributed by atoms with Crippen LogP contribution < -0.4 is 4.18 Å². The molecule has 6 nitrogen and oxygen atoms in total. The summed E-state index contributed by atoms with van der Waals surface area (Å²) in [5, 5.41) is 2.57. The van der Waals surface area contributed by atoms with Crippen molar-refractivity contribution in [3.63, 3.8) is 0 Å². The Morgan fingerprint density at radius 3 is 1.93 bits per heavy atom. The van der Waals surface area contributed by atoms with Gasteiger partial charge in [-0.15, -0.1) is 0 Å². The molecule has 0 saturated heterocycles. The van der Waals surface area contributed by atoms with Gasteiger partial charge in [0.15, 0.2) is 5.75 Å². The number of benzene rings is 4. The van der Waals surface area contributed by atoms with Gasteiger partial charge in [-0.1, -0.05) is 88.1 Å². The molecule has 1 N–H and O–H groups in total. The zero-order valence-electron chi connectivity index (χ0n) is 23.5. The van der Waals surface area contributed by atoms with E-state index in [9.17, 15) is 21.4 Å². The molecule has 0 radical (unpaired) electrons. The summed E-state index contributed by atoms with van der Waals surface area (Å²) >= 11 is 0. The molecule has 8 heteroatoms. The summed E-state index contributed by atoms with van der Waals surface area (Å²) in [4.78, 5) is 0.0400. The Morgan fingerprint density at radius 1 is 0.756 bits per heavy atom. The molecule has 0 spiro atoms. The molecule has 0 aliphatic heterocycles. The van der Waals surface area contributed by atoms with E-state index in [-0.39, 0.29) is 33.8 Å². The van der Waals surface area contributed by atoms with E-state index >= 15 is 0 Å². The zero-order valence-corrected chi connectivity index (χ0v) is 25.1. The Hall–Kier alpha value is -2.94. The average Bonchev–Trinajstić information content (AvgIpc) is 3.66. The van der Waals surface area contributed by atoms with Crippen LogP contribution in [-0.2, 0) is 20.2 Å². The number of hydrogen-bond acceptors (Lipinski definition) is 5. The summed E-state index contributed by atoms with van der Waals surface area (Å²) < 4.78 is 70.3. The van der Waals surface area contributed by atoms with E-state index in [1.807, 2.05) is 32.0 Å². The molecule has 4 aromatic rings. The lowest BCUT2D eigenvalue weighted by Gasteiger charge is -2.25. The fourth-order valence-corrected chi connectivity index (χ4v) is 9.32. The van der Waals surface area contributed by atoms with E-state index in [0.29, 0.717) is 15.8 Å². The minimum Gasteiger partial charge on any atom is -0.378 e. The van der Waals surface area contributed by atoms with Gasteiger partial charge in [-0.05, 0) is 77.5 Å². The van der Waals surface area contributed by atoms with Gasteiger partial charge in [0.25, 0.3) is 10.1 Å². The van der Waals surface area contributed by atoms with Gasteiger partial charge in [0, 0.05) is 16.3 Å². The molecule has 2 aliphatic rings. The van der Waals surface area contributed by atoms with E-state index in [1.54, 1.807) is 24.3 Å². The number of fused-ring (bicyclic) bond motifs is 2. The predicted octanol–water partition coefficient (Wildman–Crippen LogP) is 8.45. The van der Waals surface area contributed by atoms with Crippen molar-refractivity contribution in [1.29, 1.82) is 0 Å². The maximum absolute atomic E-state index is 14.7. The molecular weight excluding hydrogens is 556 g/mol. The summed E-state index contributed by atoms with van der Waals surface area (Å²) in [6.07, 6.45) is 8.00. The van der Waals surface area contributed by atoms with Gasteiger partial charge in [-0.25, -0.2) is 0 Å². The van der Waals surface area contributed by atoms with Crippen LogP contribution in [0.3, 0.4) is 0 Å². The molecule has 2 aliphatic carbocycles. The van der Waals surface area contributed by atoms with Crippen molar-refractivity contribution >= 4 is 41.8 Å². The minimum absolute atomic E-state index is 0.117. The predicted molar refractivity (Wildman–Crippen MR) is 162 cm³/mol. The van der Waals surface area contributed by atoms with Crippen molar-refractivity contribution in [1.82, 2.24) is 0 Å². The lowest BCUT2D eigenvalue weighted by molar-refractivity contribution is 0.478. The molecule has 0 atom stereocenters. The third-order valence-electron chi connectivity index (χ3n) is 8.96. The van der Waals surface area contributed by atoms with Crippen LogP contribution >= 0.6 is 0 Å². The molecule has 0 aromatic heterocycles. The summed E-state index contributed by atoms with van der Waals surface area (Å²) in [7, 11) is -8.91. The first-order chi connectivity index (χ1) is 19.6. The maximum atomic E-state index is 14.7. The fraction of sp³-hybridized carbons (Fsp3) is 0.394. The highest BCUT2D eigenvalue weighted by atomic mass is 32.2. The molecule has 216 valence electrons. The lowest BCUT2D eigenvalue weighted by atomic mass is 9.86. The largest absolute Gasteiger partial charge is 0.378 e. The van der Waals surface area contributed by atoms with E-state index in [1.165, 1.54) is 6.07 Å². The third-order valence-corrected chi connectivity index (χ3v) is 11.2. The highest BCUT2D eigenvalue weighted by Crippen LogP contribution is 2.48. The highest BCUT2D eigenvalue weighted by molar-refractivity contribution is 7.87. The van der Waals surface area contributed by atoms with E-state index in [0.717, 1.165) is 73.3 Å². The van der Waals surface area contributed by atoms with E-state index in [4.69, 9.17) is 4.18 Å². The SMILES string of the molecule is CC(C)c1cc(S(=O)(=O)O)c2ccccc2c1OS(=O)(=O)c1c(C2CCCC2)cc2ccccc2c1C1CCCC1. The van der Waals surface area contributed by atoms with Crippen LogP contribution in [0.2, 0.25) is 0 Å². The van der Waals surface area contributed by atoms with Gasteiger partial charge in [0.2, 0.25) is 0 Å². The molecule has 0 heterocycles. The maximum Gasteiger partial charge on any atom is 0.339 e. The Kier molecular flexibility index (Phi) is 7.37. The lowest BCUT2D eigenvalue weighted by Crippen LogP contribution is -2.19. The number of hydrogen-bond donors (Lipinski definition) is 1. The Labute approximate surface area is 242 Å². The normalized spacial score (nSPS) is 17.3. The van der Waals surface area contributed by atoms with Gasteiger partial charge >= 0.3 is 10.1 Å². The van der Waals surface area contributed by atoms with Crippen molar-refractivity contribution in [2.24, 2.45) is 0 Å². The third kappa shape index (κ3) is 5.15. The summed E-state index contributed by atoms with van der Waals surface area (Å²) in [5.74, 6) is 0.102. The Bertz CT molecular complexity index is 1850. The smallest absolute Gasteiger partial charge is 0.339 e. The Morgan fingerprint density at radius 2 is 1.32 bits per heavy atom. The van der Waals surface area contributed by atoms with Crippen LogP contribution in [0.1, 0.15) is 99.7 Å². The second-order valence-electron chi connectivity index (χ2n) is 11.9. The number of rotatable bonds is 7. The van der Waals surface area contributed by atoms with Gasteiger partial charge in [0.05, 0.1) is 0 Å². The fourth-order valence-electron chi connectivity index (χ4n) is 7.04. The zero-order chi connectivity index (χ0) is 28.9. The van der Waals surface area contributed by atoms with E-state index < -0.39 is 20.2 Å². The quantitative estimate of drug-likeness (QED) is 0.171. The minimum atomic E-state index is -4.56. The Balaban J connectivity index is 1.64. The molecule has 0 unspecified atom stereocenters.